The van der Waals surface area contributed by atoms with Crippen molar-refractivity contribution in [3.63, 3.8) is 0 Å². The fourth-order valence-corrected chi connectivity index (χ4v) is 3.93. The van der Waals surface area contributed by atoms with Crippen LogP contribution >= 0.6 is 0 Å². The van der Waals surface area contributed by atoms with E-state index in [0.29, 0.717) is 28.4 Å². The van der Waals surface area contributed by atoms with Crippen LogP contribution in [0, 0.1) is 6.92 Å². The maximum absolute atomic E-state index is 12.7. The fraction of sp³-hybridized carbons (Fsp3) is 0.143. The van der Waals surface area contributed by atoms with E-state index in [9.17, 15) is 4.79 Å². The second-order valence-corrected chi connectivity index (χ2v) is 7.73. The molecular formula is C28H27N3O4. The van der Waals surface area contributed by atoms with Crippen LogP contribution in [0.15, 0.2) is 84.0 Å². The standard InChI is InChI=1S/C28H27N3O4/c1-19-10-16-24(20-8-6-5-7-9-20)31(19)23-14-11-21(12-15-23)28(32)30-29-18-22-13-17-25(33-2)27(35-4)26(22)34-3/h5-18H,1-4H3,(H,30,32)/b29-18+. The monoisotopic (exact) mass is 469 g/mol. The first-order chi connectivity index (χ1) is 17.1. The topological polar surface area (TPSA) is 74.1 Å². The van der Waals surface area contributed by atoms with Crippen LogP contribution in [0.25, 0.3) is 16.9 Å². The number of hydrazone groups is 1. The van der Waals surface area contributed by atoms with Crippen molar-refractivity contribution in [3.8, 4) is 34.2 Å². The number of hydrogen-bond donors (Lipinski definition) is 1. The summed E-state index contributed by atoms with van der Waals surface area (Å²) >= 11 is 0. The zero-order chi connectivity index (χ0) is 24.8. The molecule has 35 heavy (non-hydrogen) atoms. The predicted octanol–water partition coefficient (Wildman–Crippen LogP) is 5.24. The minimum atomic E-state index is -0.320. The molecule has 0 aliphatic carbocycles. The van der Waals surface area contributed by atoms with Gasteiger partial charge in [0.25, 0.3) is 5.91 Å². The highest BCUT2D eigenvalue weighted by atomic mass is 16.5. The third-order valence-corrected chi connectivity index (χ3v) is 5.64. The van der Waals surface area contributed by atoms with Gasteiger partial charge in [0.15, 0.2) is 11.5 Å². The smallest absolute Gasteiger partial charge is 0.271 e. The van der Waals surface area contributed by atoms with Crippen LogP contribution in [0.5, 0.6) is 17.2 Å². The van der Waals surface area contributed by atoms with Crippen molar-refractivity contribution >= 4 is 12.1 Å². The summed E-state index contributed by atoms with van der Waals surface area (Å²) in [7, 11) is 4.62. The van der Waals surface area contributed by atoms with Crippen LogP contribution < -0.4 is 19.6 Å². The normalized spacial score (nSPS) is 10.9. The van der Waals surface area contributed by atoms with Crippen LogP contribution in [0.3, 0.4) is 0 Å². The van der Waals surface area contributed by atoms with Gasteiger partial charge in [0.05, 0.1) is 33.2 Å². The van der Waals surface area contributed by atoms with E-state index in [1.807, 2.05) is 30.3 Å². The summed E-state index contributed by atoms with van der Waals surface area (Å²) in [6.45, 7) is 2.06. The lowest BCUT2D eigenvalue weighted by Gasteiger charge is -2.13. The average Bonchev–Trinajstić information content (AvgIpc) is 3.29. The number of nitrogens with one attached hydrogen (secondary N) is 1. The molecule has 0 aliphatic heterocycles. The Balaban J connectivity index is 1.51. The van der Waals surface area contributed by atoms with Crippen molar-refractivity contribution in [2.24, 2.45) is 5.10 Å². The van der Waals surface area contributed by atoms with Gasteiger partial charge in [-0.15, -0.1) is 0 Å². The molecule has 4 rings (SSSR count). The van der Waals surface area contributed by atoms with Gasteiger partial charge in [-0.2, -0.15) is 5.10 Å². The minimum absolute atomic E-state index is 0.320. The first kappa shape index (κ1) is 23.6. The fourth-order valence-electron chi connectivity index (χ4n) is 3.93. The molecule has 0 fully saturated rings. The van der Waals surface area contributed by atoms with E-state index in [1.54, 1.807) is 31.4 Å². The van der Waals surface area contributed by atoms with Gasteiger partial charge >= 0.3 is 0 Å². The molecule has 7 nitrogen and oxygen atoms in total. The summed E-state index contributed by atoms with van der Waals surface area (Å²) in [5.74, 6) is 1.14. The number of benzene rings is 3. The van der Waals surface area contributed by atoms with Crippen molar-refractivity contribution < 1.29 is 19.0 Å². The molecule has 1 amide bonds. The number of carbonyl (C=O) groups is 1. The summed E-state index contributed by atoms with van der Waals surface area (Å²) in [6, 6.07) is 25.3. The van der Waals surface area contributed by atoms with E-state index in [0.717, 1.165) is 22.6 Å². The molecule has 0 spiro atoms. The van der Waals surface area contributed by atoms with Gasteiger partial charge in [-0.25, -0.2) is 5.43 Å². The lowest BCUT2D eigenvalue weighted by molar-refractivity contribution is 0.0955. The molecule has 1 heterocycles. The molecule has 4 aromatic rings. The van der Waals surface area contributed by atoms with Crippen LogP contribution in [-0.2, 0) is 0 Å². The average molecular weight is 470 g/mol. The summed E-state index contributed by atoms with van der Waals surface area (Å²) in [5, 5.41) is 4.09. The quantitative estimate of drug-likeness (QED) is 0.283. The number of ether oxygens (including phenoxy) is 3. The van der Waals surface area contributed by atoms with Crippen LogP contribution in [0.1, 0.15) is 21.6 Å². The zero-order valence-corrected chi connectivity index (χ0v) is 20.1. The highest BCUT2D eigenvalue weighted by molar-refractivity contribution is 5.95. The molecule has 0 bridgehead atoms. The molecule has 0 aliphatic rings. The number of hydrogen-bond acceptors (Lipinski definition) is 5. The van der Waals surface area contributed by atoms with E-state index in [-0.39, 0.29) is 5.91 Å². The van der Waals surface area contributed by atoms with Crippen molar-refractivity contribution in [2.75, 3.05) is 21.3 Å². The molecule has 1 N–H and O–H groups in total. The molecule has 178 valence electrons. The predicted molar refractivity (Wildman–Crippen MR) is 137 cm³/mol. The van der Waals surface area contributed by atoms with E-state index >= 15 is 0 Å². The van der Waals surface area contributed by atoms with Gasteiger partial charge in [0, 0.05) is 22.5 Å². The van der Waals surface area contributed by atoms with Crippen molar-refractivity contribution in [2.45, 2.75) is 6.92 Å². The number of aryl methyl sites for hydroxylation is 1. The Morgan fingerprint density at radius 3 is 2.20 bits per heavy atom. The van der Waals surface area contributed by atoms with Gasteiger partial charge in [-0.1, -0.05) is 30.3 Å². The lowest BCUT2D eigenvalue weighted by Crippen LogP contribution is -2.17. The molecule has 0 radical (unpaired) electrons. The first-order valence-corrected chi connectivity index (χ1v) is 11.0. The Hall–Kier alpha value is -4.52. The number of rotatable bonds is 8. The summed E-state index contributed by atoms with van der Waals surface area (Å²) in [4.78, 5) is 12.7. The molecule has 0 saturated carbocycles. The van der Waals surface area contributed by atoms with Gasteiger partial charge in [0.2, 0.25) is 5.75 Å². The zero-order valence-electron chi connectivity index (χ0n) is 20.1. The molecule has 7 heteroatoms. The second kappa shape index (κ2) is 10.6. The van der Waals surface area contributed by atoms with E-state index in [4.69, 9.17) is 14.2 Å². The van der Waals surface area contributed by atoms with Crippen LogP contribution in [0.2, 0.25) is 0 Å². The minimum Gasteiger partial charge on any atom is -0.493 e. The maximum Gasteiger partial charge on any atom is 0.271 e. The van der Waals surface area contributed by atoms with Crippen molar-refractivity contribution in [1.82, 2.24) is 9.99 Å². The largest absolute Gasteiger partial charge is 0.493 e. The second-order valence-electron chi connectivity index (χ2n) is 7.73. The van der Waals surface area contributed by atoms with Crippen molar-refractivity contribution in [1.29, 1.82) is 0 Å². The van der Waals surface area contributed by atoms with E-state index < -0.39 is 0 Å². The Kier molecular flexibility index (Phi) is 7.16. The Morgan fingerprint density at radius 1 is 0.829 bits per heavy atom. The van der Waals surface area contributed by atoms with Crippen LogP contribution in [-0.4, -0.2) is 38.0 Å². The molecular weight excluding hydrogens is 442 g/mol. The molecule has 0 atom stereocenters. The highest BCUT2D eigenvalue weighted by Gasteiger charge is 2.15. The highest BCUT2D eigenvalue weighted by Crippen LogP contribution is 2.39. The van der Waals surface area contributed by atoms with Gasteiger partial charge < -0.3 is 18.8 Å². The number of carbonyl (C=O) groups excluding carboxylic acids is 1. The molecule has 0 unspecified atom stereocenters. The third-order valence-electron chi connectivity index (χ3n) is 5.64. The van der Waals surface area contributed by atoms with Gasteiger partial charge in [-0.05, 0) is 61.0 Å². The molecule has 0 saturated heterocycles. The Labute approximate surface area is 204 Å². The van der Waals surface area contributed by atoms with Gasteiger partial charge in [0.1, 0.15) is 0 Å². The Morgan fingerprint density at radius 2 is 1.54 bits per heavy atom. The SMILES string of the molecule is COc1ccc(/C=N/NC(=O)c2ccc(-n3c(C)ccc3-c3ccccc3)cc2)c(OC)c1OC. The summed E-state index contributed by atoms with van der Waals surface area (Å²) < 4.78 is 18.3. The summed E-state index contributed by atoms with van der Waals surface area (Å²) in [5.41, 5.74) is 7.99. The number of aromatic nitrogens is 1. The van der Waals surface area contributed by atoms with Crippen molar-refractivity contribution in [3.05, 3.63) is 95.7 Å². The molecule has 3 aromatic carbocycles. The summed E-state index contributed by atoms with van der Waals surface area (Å²) in [6.07, 6.45) is 1.50. The number of methoxy groups -OCH3 is 3. The van der Waals surface area contributed by atoms with E-state index in [1.165, 1.54) is 20.4 Å². The third kappa shape index (κ3) is 4.89. The Bertz CT molecular complexity index is 1340. The lowest BCUT2D eigenvalue weighted by atomic mass is 10.1. The maximum atomic E-state index is 12.7. The number of nitrogens with zero attached hydrogens (tertiary/aromatic N) is 2. The number of amides is 1. The van der Waals surface area contributed by atoms with E-state index in [2.05, 4.69) is 46.3 Å². The molecule has 1 aromatic heterocycles. The first-order valence-electron chi connectivity index (χ1n) is 11.0. The van der Waals surface area contributed by atoms with Gasteiger partial charge in [-0.3, -0.25) is 4.79 Å². The van der Waals surface area contributed by atoms with Crippen LogP contribution in [0.4, 0.5) is 0 Å².